The topological polar surface area (TPSA) is 78.8 Å². The molecule has 7 heteroatoms. The molecule has 2 aromatic rings. The van der Waals surface area contributed by atoms with Gasteiger partial charge < -0.3 is 20.5 Å². The molecule has 25 heavy (non-hydrogen) atoms. The number of pyridine rings is 1. The smallest absolute Gasteiger partial charge is 0.191 e. The minimum absolute atomic E-state index is 0. The Morgan fingerprint density at radius 3 is 2.76 bits per heavy atom. The first-order chi connectivity index (χ1) is 11.7. The van der Waals surface area contributed by atoms with Gasteiger partial charge in [0.1, 0.15) is 11.5 Å². The number of aliphatic imine (C=N–C) groups is 1. The molecule has 0 aliphatic heterocycles. The average Bonchev–Trinajstić information content (AvgIpc) is 2.61. The van der Waals surface area contributed by atoms with Crippen molar-refractivity contribution in [3.05, 3.63) is 53.9 Å². The van der Waals surface area contributed by atoms with Gasteiger partial charge in [0, 0.05) is 37.0 Å². The molecule has 0 saturated heterocycles. The lowest BCUT2D eigenvalue weighted by molar-refractivity contribution is 0.411. The van der Waals surface area contributed by atoms with Crippen molar-refractivity contribution in [2.75, 3.05) is 20.2 Å². The summed E-state index contributed by atoms with van der Waals surface area (Å²) in [6.07, 6.45) is 2.61. The van der Waals surface area contributed by atoms with Crippen molar-refractivity contribution in [2.45, 2.75) is 19.9 Å². The Morgan fingerprint density at radius 2 is 2.08 bits per heavy atom. The van der Waals surface area contributed by atoms with Gasteiger partial charge in [-0.05, 0) is 37.3 Å². The van der Waals surface area contributed by atoms with Gasteiger partial charge in [-0.1, -0.05) is 6.07 Å². The predicted octanol–water partition coefficient (Wildman–Crippen LogP) is 2.71. The highest BCUT2D eigenvalue weighted by atomic mass is 127. The van der Waals surface area contributed by atoms with Crippen LogP contribution in [0.5, 0.6) is 11.5 Å². The number of hydrogen-bond donors (Lipinski definition) is 3. The molecule has 0 aliphatic carbocycles. The number of ether oxygens (including phenoxy) is 1. The van der Waals surface area contributed by atoms with Crippen LogP contribution in [0.1, 0.15) is 18.2 Å². The molecule has 0 aliphatic rings. The van der Waals surface area contributed by atoms with Crippen molar-refractivity contribution < 1.29 is 9.84 Å². The van der Waals surface area contributed by atoms with Crippen LogP contribution in [0.2, 0.25) is 0 Å². The molecule has 0 fully saturated rings. The van der Waals surface area contributed by atoms with Gasteiger partial charge >= 0.3 is 0 Å². The van der Waals surface area contributed by atoms with Gasteiger partial charge in [-0.25, -0.2) is 4.99 Å². The Kier molecular flexibility index (Phi) is 9.68. The van der Waals surface area contributed by atoms with Crippen LogP contribution in [0, 0.1) is 0 Å². The Hall–Kier alpha value is -2.03. The normalized spacial score (nSPS) is 10.7. The summed E-state index contributed by atoms with van der Waals surface area (Å²) < 4.78 is 5.18. The summed E-state index contributed by atoms with van der Waals surface area (Å²) >= 11 is 0. The van der Waals surface area contributed by atoms with E-state index in [1.807, 2.05) is 25.1 Å². The first kappa shape index (κ1) is 21.0. The molecule has 1 aromatic carbocycles. The molecule has 0 unspecified atom stereocenters. The fourth-order valence-electron chi connectivity index (χ4n) is 2.18. The lowest BCUT2D eigenvalue weighted by Crippen LogP contribution is -2.38. The van der Waals surface area contributed by atoms with Crippen molar-refractivity contribution >= 4 is 29.9 Å². The highest BCUT2D eigenvalue weighted by Crippen LogP contribution is 2.23. The fourth-order valence-corrected chi connectivity index (χ4v) is 2.18. The monoisotopic (exact) mass is 456 g/mol. The number of nitrogens with zero attached hydrogens (tertiary/aromatic N) is 2. The van der Waals surface area contributed by atoms with E-state index < -0.39 is 0 Å². The van der Waals surface area contributed by atoms with Crippen LogP contribution in [-0.4, -0.2) is 36.2 Å². The number of nitrogens with one attached hydrogen (secondary N) is 2. The first-order valence-corrected chi connectivity index (χ1v) is 8.01. The predicted molar refractivity (Wildman–Crippen MR) is 111 cm³/mol. The minimum Gasteiger partial charge on any atom is -0.508 e. The quantitative estimate of drug-likeness (QED) is 0.339. The molecule has 136 valence electrons. The fraction of sp³-hybridized carbons (Fsp3) is 0.333. The van der Waals surface area contributed by atoms with Crippen LogP contribution in [0.4, 0.5) is 0 Å². The number of phenolic OH excluding ortho intramolecular Hbond substituents is 1. The van der Waals surface area contributed by atoms with E-state index >= 15 is 0 Å². The van der Waals surface area contributed by atoms with Gasteiger partial charge in [0.25, 0.3) is 0 Å². The number of guanidine groups is 1. The van der Waals surface area contributed by atoms with Crippen LogP contribution in [0.3, 0.4) is 0 Å². The van der Waals surface area contributed by atoms with E-state index in [1.54, 1.807) is 31.5 Å². The third-order valence-corrected chi connectivity index (χ3v) is 3.44. The van der Waals surface area contributed by atoms with Gasteiger partial charge in [-0.3, -0.25) is 4.98 Å². The van der Waals surface area contributed by atoms with Gasteiger partial charge in [-0.15, -0.1) is 24.0 Å². The molecule has 6 nitrogen and oxygen atoms in total. The summed E-state index contributed by atoms with van der Waals surface area (Å²) in [5.41, 5.74) is 1.75. The maximum atomic E-state index is 9.92. The van der Waals surface area contributed by atoms with Crippen molar-refractivity contribution in [3.8, 4) is 11.5 Å². The average molecular weight is 456 g/mol. The van der Waals surface area contributed by atoms with E-state index in [4.69, 9.17) is 4.74 Å². The number of hydrogen-bond acceptors (Lipinski definition) is 4. The summed E-state index contributed by atoms with van der Waals surface area (Å²) in [7, 11) is 1.60. The summed E-state index contributed by atoms with van der Waals surface area (Å²) in [5, 5.41) is 16.4. The third kappa shape index (κ3) is 7.16. The minimum atomic E-state index is 0. The van der Waals surface area contributed by atoms with Crippen LogP contribution in [0.15, 0.2) is 47.6 Å². The molecule has 0 amide bonds. The number of halogens is 1. The second-order valence-electron chi connectivity index (χ2n) is 5.19. The number of phenols is 1. The zero-order valence-corrected chi connectivity index (χ0v) is 16.9. The number of rotatable bonds is 7. The molecule has 2 rings (SSSR count). The number of benzene rings is 1. The molecular formula is C18H25IN4O2. The Bertz CT molecular complexity index is 665. The van der Waals surface area contributed by atoms with E-state index in [0.717, 1.165) is 30.8 Å². The molecule has 0 atom stereocenters. The van der Waals surface area contributed by atoms with Gasteiger partial charge in [0.15, 0.2) is 5.96 Å². The van der Waals surface area contributed by atoms with Gasteiger partial charge in [0.05, 0.1) is 13.7 Å². The zero-order chi connectivity index (χ0) is 17.2. The molecule has 0 radical (unpaired) electrons. The highest BCUT2D eigenvalue weighted by Gasteiger charge is 2.04. The van der Waals surface area contributed by atoms with Gasteiger partial charge in [-0.2, -0.15) is 0 Å². The largest absolute Gasteiger partial charge is 0.508 e. The molecule has 0 bridgehead atoms. The number of aromatic nitrogens is 1. The third-order valence-electron chi connectivity index (χ3n) is 3.44. The Labute approximate surface area is 165 Å². The van der Waals surface area contributed by atoms with Crippen molar-refractivity contribution in [2.24, 2.45) is 4.99 Å². The number of methoxy groups -OCH3 is 1. The standard InChI is InChI=1S/C18H24N4O2.HI/c1-3-19-18(21-11-9-15-6-4-5-10-20-15)22-13-14-12-16(24-2)7-8-17(14)23;/h4-8,10,12,23H,3,9,11,13H2,1-2H3,(H2,19,21,22);1H. The van der Waals surface area contributed by atoms with Crippen molar-refractivity contribution in [1.82, 2.24) is 15.6 Å². The van der Waals surface area contributed by atoms with Crippen LogP contribution in [0.25, 0.3) is 0 Å². The lowest BCUT2D eigenvalue weighted by atomic mass is 10.2. The Balaban J connectivity index is 0.00000312. The summed E-state index contributed by atoms with van der Waals surface area (Å²) in [4.78, 5) is 8.81. The maximum Gasteiger partial charge on any atom is 0.191 e. The molecule has 1 aromatic heterocycles. The summed E-state index contributed by atoms with van der Waals surface area (Å²) in [6.45, 7) is 3.87. The van der Waals surface area contributed by atoms with Crippen molar-refractivity contribution in [1.29, 1.82) is 0 Å². The second kappa shape index (κ2) is 11.5. The maximum absolute atomic E-state index is 9.92. The zero-order valence-electron chi connectivity index (χ0n) is 14.5. The first-order valence-electron chi connectivity index (χ1n) is 8.01. The lowest BCUT2D eigenvalue weighted by Gasteiger charge is -2.11. The second-order valence-corrected chi connectivity index (χ2v) is 5.19. The summed E-state index contributed by atoms with van der Waals surface area (Å²) in [5.74, 6) is 1.62. The molecule has 0 saturated carbocycles. The van der Waals surface area contributed by atoms with E-state index in [9.17, 15) is 5.11 Å². The Morgan fingerprint density at radius 1 is 1.24 bits per heavy atom. The van der Waals surface area contributed by atoms with Crippen molar-refractivity contribution in [3.63, 3.8) is 0 Å². The SMILES string of the molecule is CCNC(=NCc1cc(OC)ccc1O)NCCc1ccccn1.I. The molecule has 1 heterocycles. The van der Waals surface area contributed by atoms with Gasteiger partial charge in [0.2, 0.25) is 0 Å². The van der Waals surface area contributed by atoms with Crippen LogP contribution >= 0.6 is 24.0 Å². The van der Waals surface area contributed by atoms with Crippen LogP contribution < -0.4 is 15.4 Å². The molecule has 0 spiro atoms. The van der Waals surface area contributed by atoms with E-state index in [0.29, 0.717) is 18.3 Å². The van der Waals surface area contributed by atoms with E-state index in [-0.39, 0.29) is 29.7 Å². The number of aromatic hydroxyl groups is 1. The molecular weight excluding hydrogens is 431 g/mol. The summed E-state index contributed by atoms with van der Waals surface area (Å²) in [6, 6.07) is 11.0. The van der Waals surface area contributed by atoms with E-state index in [2.05, 4.69) is 20.6 Å². The highest BCUT2D eigenvalue weighted by molar-refractivity contribution is 14.0. The van der Waals surface area contributed by atoms with Crippen LogP contribution in [-0.2, 0) is 13.0 Å². The molecule has 3 N–H and O–H groups in total. The van der Waals surface area contributed by atoms with E-state index in [1.165, 1.54) is 0 Å².